The molecule has 0 radical (unpaired) electrons. The highest BCUT2D eigenvalue weighted by molar-refractivity contribution is 7.09. The van der Waals surface area contributed by atoms with Crippen molar-refractivity contribution < 1.29 is 4.74 Å². The van der Waals surface area contributed by atoms with Crippen molar-refractivity contribution in [3.63, 3.8) is 0 Å². The predicted molar refractivity (Wildman–Crippen MR) is 81.9 cm³/mol. The molecule has 2 atom stereocenters. The second-order valence-electron chi connectivity index (χ2n) is 5.42. The zero-order valence-electron chi connectivity index (χ0n) is 12.1. The van der Waals surface area contributed by atoms with E-state index in [2.05, 4.69) is 34.7 Å². The largest absolute Gasteiger partial charge is 0.380 e. The van der Waals surface area contributed by atoms with Gasteiger partial charge < -0.3 is 10.1 Å². The number of piperidine rings is 1. The molecular weight excluding hydrogens is 256 g/mol. The van der Waals surface area contributed by atoms with Crippen molar-refractivity contribution in [2.75, 3.05) is 39.8 Å². The number of hydrogen-bond donors (Lipinski definition) is 1. The normalized spacial score (nSPS) is 24.7. The topological polar surface area (TPSA) is 24.5 Å². The summed E-state index contributed by atoms with van der Waals surface area (Å²) in [4.78, 5) is 3.99. The van der Waals surface area contributed by atoms with E-state index in [9.17, 15) is 0 Å². The van der Waals surface area contributed by atoms with Crippen LogP contribution in [0.3, 0.4) is 0 Å². The molecule has 0 saturated carbocycles. The van der Waals surface area contributed by atoms with E-state index in [4.69, 9.17) is 4.74 Å². The summed E-state index contributed by atoms with van der Waals surface area (Å²) in [6.07, 6.45) is 2.82. The first-order chi connectivity index (χ1) is 9.29. The van der Waals surface area contributed by atoms with Gasteiger partial charge in [0.25, 0.3) is 0 Å². The Bertz CT molecular complexity index is 342. The Hall–Kier alpha value is -0.420. The van der Waals surface area contributed by atoms with Crippen molar-refractivity contribution in [3.8, 4) is 0 Å². The van der Waals surface area contributed by atoms with E-state index in [1.807, 2.05) is 18.4 Å². The molecule has 4 heteroatoms. The molecule has 0 spiro atoms. The summed E-state index contributed by atoms with van der Waals surface area (Å²) in [5.74, 6) is 0.702. The van der Waals surface area contributed by atoms with Crippen LogP contribution in [0.5, 0.6) is 0 Å². The number of rotatable bonds is 7. The Morgan fingerprint density at radius 2 is 2.37 bits per heavy atom. The summed E-state index contributed by atoms with van der Waals surface area (Å²) in [5, 5.41) is 5.69. The maximum atomic E-state index is 5.55. The lowest BCUT2D eigenvalue weighted by atomic mass is 9.96. The maximum Gasteiger partial charge on any atom is 0.0724 e. The fourth-order valence-corrected chi connectivity index (χ4v) is 3.35. The molecule has 1 aromatic rings. The van der Waals surface area contributed by atoms with Crippen molar-refractivity contribution in [3.05, 3.63) is 22.4 Å². The van der Waals surface area contributed by atoms with Crippen LogP contribution >= 0.6 is 11.3 Å². The third-order valence-electron chi connectivity index (χ3n) is 4.01. The highest BCUT2D eigenvalue weighted by atomic mass is 32.1. The molecule has 19 heavy (non-hydrogen) atoms. The Morgan fingerprint density at radius 3 is 3.11 bits per heavy atom. The second kappa shape index (κ2) is 8.00. The SMILES string of the molecule is COC1CN(CCNCCc2cccs2)CCC1C. The standard InChI is InChI=1S/C15H26N2OS/c1-13-6-9-17(12-15(13)18-2)10-8-16-7-5-14-4-3-11-19-14/h3-4,11,13,15-16H,5-10,12H2,1-2H3. The minimum absolute atomic E-state index is 0.417. The number of hydrogen-bond acceptors (Lipinski definition) is 4. The van der Waals surface area contributed by atoms with Crippen LogP contribution in [-0.2, 0) is 11.2 Å². The van der Waals surface area contributed by atoms with Gasteiger partial charge in [-0.1, -0.05) is 13.0 Å². The molecule has 1 aromatic heterocycles. The molecule has 1 aliphatic rings. The second-order valence-corrected chi connectivity index (χ2v) is 6.45. The van der Waals surface area contributed by atoms with Gasteiger partial charge in [0.15, 0.2) is 0 Å². The van der Waals surface area contributed by atoms with Crippen LogP contribution in [0.15, 0.2) is 17.5 Å². The molecule has 0 amide bonds. The average molecular weight is 282 g/mol. The van der Waals surface area contributed by atoms with Crippen molar-refractivity contribution in [2.45, 2.75) is 25.9 Å². The van der Waals surface area contributed by atoms with E-state index >= 15 is 0 Å². The molecule has 0 aromatic carbocycles. The Kier molecular flexibility index (Phi) is 6.31. The van der Waals surface area contributed by atoms with Gasteiger partial charge in [0, 0.05) is 38.2 Å². The average Bonchev–Trinajstić information content (AvgIpc) is 2.93. The lowest BCUT2D eigenvalue weighted by Gasteiger charge is -2.36. The molecule has 1 fully saturated rings. The van der Waals surface area contributed by atoms with Crippen molar-refractivity contribution in [1.82, 2.24) is 10.2 Å². The summed E-state index contributed by atoms with van der Waals surface area (Å²) in [6.45, 7) is 7.90. The Balaban J connectivity index is 1.56. The summed E-state index contributed by atoms with van der Waals surface area (Å²) in [6, 6.07) is 4.33. The first-order valence-corrected chi connectivity index (χ1v) is 8.16. The quantitative estimate of drug-likeness (QED) is 0.776. The molecule has 2 rings (SSSR count). The van der Waals surface area contributed by atoms with Gasteiger partial charge in [-0.2, -0.15) is 0 Å². The molecule has 0 bridgehead atoms. The zero-order valence-corrected chi connectivity index (χ0v) is 12.9. The first kappa shape index (κ1) is 15.0. The highest BCUT2D eigenvalue weighted by Gasteiger charge is 2.25. The van der Waals surface area contributed by atoms with Crippen molar-refractivity contribution in [1.29, 1.82) is 0 Å². The van der Waals surface area contributed by atoms with Gasteiger partial charge in [0.1, 0.15) is 0 Å². The number of thiophene rings is 1. The van der Waals surface area contributed by atoms with Crippen LogP contribution in [0.25, 0.3) is 0 Å². The third-order valence-corrected chi connectivity index (χ3v) is 4.95. The van der Waals surface area contributed by atoms with Gasteiger partial charge in [0.05, 0.1) is 6.10 Å². The molecule has 2 unspecified atom stereocenters. The molecule has 1 saturated heterocycles. The van der Waals surface area contributed by atoms with Crippen LogP contribution in [0.2, 0.25) is 0 Å². The van der Waals surface area contributed by atoms with Gasteiger partial charge in [0.2, 0.25) is 0 Å². The maximum absolute atomic E-state index is 5.55. The molecule has 3 nitrogen and oxygen atoms in total. The predicted octanol–water partition coefficient (Wildman–Crippen LogP) is 2.24. The zero-order chi connectivity index (χ0) is 13.5. The highest BCUT2D eigenvalue weighted by Crippen LogP contribution is 2.18. The van der Waals surface area contributed by atoms with E-state index in [0.29, 0.717) is 12.0 Å². The van der Waals surface area contributed by atoms with Gasteiger partial charge in [-0.15, -0.1) is 11.3 Å². The summed E-state index contributed by atoms with van der Waals surface area (Å²) >= 11 is 1.85. The smallest absolute Gasteiger partial charge is 0.0724 e. The van der Waals surface area contributed by atoms with Crippen LogP contribution in [0, 0.1) is 5.92 Å². The number of ether oxygens (including phenoxy) is 1. The molecule has 108 valence electrons. The minimum Gasteiger partial charge on any atom is -0.380 e. The van der Waals surface area contributed by atoms with Gasteiger partial charge in [-0.25, -0.2) is 0 Å². The van der Waals surface area contributed by atoms with Crippen LogP contribution in [0.4, 0.5) is 0 Å². The molecule has 1 aliphatic heterocycles. The van der Waals surface area contributed by atoms with E-state index < -0.39 is 0 Å². The summed E-state index contributed by atoms with van der Waals surface area (Å²) < 4.78 is 5.55. The Morgan fingerprint density at radius 1 is 1.47 bits per heavy atom. The summed E-state index contributed by atoms with van der Waals surface area (Å²) in [5.41, 5.74) is 0. The fourth-order valence-electron chi connectivity index (χ4n) is 2.64. The fraction of sp³-hybridized carbons (Fsp3) is 0.733. The minimum atomic E-state index is 0.417. The molecule has 2 heterocycles. The molecule has 1 N–H and O–H groups in total. The van der Waals surface area contributed by atoms with Crippen LogP contribution < -0.4 is 5.32 Å². The van der Waals surface area contributed by atoms with Crippen LogP contribution in [0.1, 0.15) is 18.2 Å². The van der Waals surface area contributed by atoms with Crippen molar-refractivity contribution >= 4 is 11.3 Å². The van der Waals surface area contributed by atoms with E-state index in [-0.39, 0.29) is 0 Å². The number of methoxy groups -OCH3 is 1. The number of likely N-dealkylation sites (tertiary alicyclic amines) is 1. The lowest BCUT2D eigenvalue weighted by molar-refractivity contribution is -0.00439. The Labute approximate surface area is 121 Å². The summed E-state index contributed by atoms with van der Waals surface area (Å²) in [7, 11) is 1.84. The number of nitrogens with zero attached hydrogens (tertiary/aromatic N) is 1. The van der Waals surface area contributed by atoms with Gasteiger partial charge in [-0.3, -0.25) is 4.90 Å². The molecule has 0 aliphatic carbocycles. The van der Waals surface area contributed by atoms with Crippen molar-refractivity contribution in [2.24, 2.45) is 5.92 Å². The third kappa shape index (κ3) is 4.88. The van der Waals surface area contributed by atoms with E-state index in [1.54, 1.807) is 0 Å². The van der Waals surface area contributed by atoms with Gasteiger partial charge >= 0.3 is 0 Å². The van der Waals surface area contributed by atoms with Crippen LogP contribution in [-0.4, -0.2) is 50.8 Å². The monoisotopic (exact) mass is 282 g/mol. The number of nitrogens with one attached hydrogen (secondary N) is 1. The molecular formula is C15H26N2OS. The first-order valence-electron chi connectivity index (χ1n) is 7.28. The van der Waals surface area contributed by atoms with E-state index in [1.165, 1.54) is 17.8 Å². The lowest BCUT2D eigenvalue weighted by Crippen LogP contribution is -2.46. The van der Waals surface area contributed by atoms with E-state index in [0.717, 1.165) is 32.6 Å². The van der Waals surface area contributed by atoms with Gasteiger partial charge in [-0.05, 0) is 36.8 Å².